The lowest BCUT2D eigenvalue weighted by molar-refractivity contribution is -0.180. The van der Waals surface area contributed by atoms with Crippen molar-refractivity contribution in [3.05, 3.63) is 24.1 Å². The Hall–Kier alpha value is -1.13. The topological polar surface area (TPSA) is 51.1 Å². The third kappa shape index (κ3) is 3.00. The van der Waals surface area contributed by atoms with Crippen LogP contribution in [0.3, 0.4) is 0 Å². The molecule has 1 saturated carbocycles. The molecule has 100 valence electrons. The minimum Gasteiger partial charge on any atom is -0.507 e. The summed E-state index contributed by atoms with van der Waals surface area (Å²) in [4.78, 5) is 4.29. The largest absolute Gasteiger partial charge is 0.507 e. The zero-order chi connectivity index (χ0) is 13.0. The quantitative estimate of drug-likeness (QED) is 0.619. The molecule has 2 fully saturated rings. The molecule has 1 N–H and O–H groups in total. The molecule has 1 aliphatic heterocycles. The fraction of sp³-hybridized carbons (Fsp3) is 0.643. The van der Waals surface area contributed by atoms with Crippen molar-refractivity contribution in [3.63, 3.8) is 0 Å². The lowest BCUT2D eigenvalue weighted by atomic mass is 9.83. The molecule has 1 spiro atoms. The summed E-state index contributed by atoms with van der Waals surface area (Å²) >= 11 is 0. The van der Waals surface area contributed by atoms with Crippen LogP contribution in [0.5, 0.6) is 0 Å². The van der Waals surface area contributed by atoms with Crippen LogP contribution >= 0.6 is 0 Å². The number of allylic oxidation sites excluding steroid dienone is 3. The van der Waals surface area contributed by atoms with E-state index < -0.39 is 0 Å². The molecule has 2 aliphatic rings. The SMILES string of the molecule is C=C(O)C=N/C(=C\C)C1CCC2(CC1)OCCO2. The summed E-state index contributed by atoms with van der Waals surface area (Å²) in [5.74, 6) is 0.0905. The number of nitrogens with zero attached hydrogens (tertiary/aromatic N) is 1. The van der Waals surface area contributed by atoms with Gasteiger partial charge in [0.25, 0.3) is 0 Å². The first-order valence-corrected chi connectivity index (χ1v) is 6.51. The Morgan fingerprint density at radius 1 is 1.33 bits per heavy atom. The minimum atomic E-state index is -0.320. The van der Waals surface area contributed by atoms with E-state index in [2.05, 4.69) is 11.6 Å². The third-order valence-corrected chi connectivity index (χ3v) is 3.64. The zero-order valence-electron chi connectivity index (χ0n) is 10.9. The Balaban J connectivity index is 1.93. The minimum absolute atomic E-state index is 0.0101. The van der Waals surface area contributed by atoms with Crippen LogP contribution in [-0.2, 0) is 9.47 Å². The van der Waals surface area contributed by atoms with Crippen LogP contribution in [0, 0.1) is 5.92 Å². The highest BCUT2D eigenvalue weighted by molar-refractivity contribution is 5.75. The van der Waals surface area contributed by atoms with Crippen molar-refractivity contribution >= 4 is 6.21 Å². The van der Waals surface area contributed by atoms with Gasteiger partial charge in [-0.1, -0.05) is 12.7 Å². The molecule has 1 saturated heterocycles. The summed E-state index contributed by atoms with van der Waals surface area (Å²) < 4.78 is 11.4. The lowest BCUT2D eigenvalue weighted by Crippen LogP contribution is -2.35. The van der Waals surface area contributed by atoms with Crippen LogP contribution in [-0.4, -0.2) is 30.3 Å². The Morgan fingerprint density at radius 2 is 1.94 bits per heavy atom. The highest BCUT2D eigenvalue weighted by Crippen LogP contribution is 2.40. The van der Waals surface area contributed by atoms with Gasteiger partial charge in [-0.05, 0) is 19.8 Å². The summed E-state index contributed by atoms with van der Waals surface area (Å²) in [5.41, 5.74) is 1.01. The van der Waals surface area contributed by atoms with E-state index in [1.165, 1.54) is 6.21 Å². The van der Waals surface area contributed by atoms with Crippen molar-refractivity contribution in [2.45, 2.75) is 38.4 Å². The van der Waals surface area contributed by atoms with Gasteiger partial charge < -0.3 is 14.6 Å². The second-order valence-electron chi connectivity index (χ2n) is 4.84. The van der Waals surface area contributed by atoms with Crippen LogP contribution in [0.1, 0.15) is 32.6 Å². The van der Waals surface area contributed by atoms with Crippen molar-refractivity contribution in [3.8, 4) is 0 Å². The van der Waals surface area contributed by atoms with E-state index >= 15 is 0 Å². The van der Waals surface area contributed by atoms with Gasteiger partial charge in [-0.25, -0.2) is 0 Å². The van der Waals surface area contributed by atoms with E-state index in [1.54, 1.807) is 0 Å². The van der Waals surface area contributed by atoms with Gasteiger partial charge in [0.15, 0.2) is 5.79 Å². The molecule has 0 unspecified atom stereocenters. The number of rotatable bonds is 3. The molecule has 1 heterocycles. The highest BCUT2D eigenvalue weighted by Gasteiger charge is 2.40. The van der Waals surface area contributed by atoms with Crippen LogP contribution in [0.2, 0.25) is 0 Å². The summed E-state index contributed by atoms with van der Waals surface area (Å²) in [6.07, 6.45) is 7.26. The fourth-order valence-electron chi connectivity index (χ4n) is 2.70. The lowest BCUT2D eigenvalue weighted by Gasteiger charge is -2.35. The van der Waals surface area contributed by atoms with E-state index in [9.17, 15) is 0 Å². The van der Waals surface area contributed by atoms with E-state index in [0.29, 0.717) is 19.1 Å². The molecular weight excluding hydrogens is 230 g/mol. The van der Waals surface area contributed by atoms with Gasteiger partial charge in [0.2, 0.25) is 0 Å². The molecule has 0 aromatic carbocycles. The van der Waals surface area contributed by atoms with Gasteiger partial charge in [-0.15, -0.1) is 0 Å². The number of ether oxygens (including phenoxy) is 2. The van der Waals surface area contributed by atoms with Crippen molar-refractivity contribution in [2.75, 3.05) is 13.2 Å². The van der Waals surface area contributed by atoms with Crippen LogP contribution in [0.25, 0.3) is 0 Å². The Kier molecular flexibility index (Phi) is 4.19. The maximum atomic E-state index is 9.05. The monoisotopic (exact) mass is 251 g/mol. The average molecular weight is 251 g/mol. The maximum absolute atomic E-state index is 9.05. The van der Waals surface area contributed by atoms with Crippen molar-refractivity contribution in [2.24, 2.45) is 10.9 Å². The summed E-state index contributed by atoms with van der Waals surface area (Å²) in [5, 5.41) is 9.05. The smallest absolute Gasteiger partial charge is 0.168 e. The molecule has 0 aromatic heterocycles. The second-order valence-corrected chi connectivity index (χ2v) is 4.84. The predicted octanol–water partition coefficient (Wildman–Crippen LogP) is 2.97. The van der Waals surface area contributed by atoms with Crippen molar-refractivity contribution in [1.82, 2.24) is 0 Å². The molecule has 18 heavy (non-hydrogen) atoms. The molecule has 1 aliphatic carbocycles. The first-order chi connectivity index (χ1) is 8.65. The summed E-state index contributed by atoms with van der Waals surface area (Å²) in [6.45, 7) is 6.80. The van der Waals surface area contributed by atoms with Gasteiger partial charge in [-0.2, -0.15) is 0 Å². The molecule has 0 bridgehead atoms. The van der Waals surface area contributed by atoms with E-state index in [4.69, 9.17) is 14.6 Å². The third-order valence-electron chi connectivity index (χ3n) is 3.64. The molecule has 0 aromatic rings. The first-order valence-electron chi connectivity index (χ1n) is 6.51. The number of aliphatic hydroxyl groups is 1. The van der Waals surface area contributed by atoms with Gasteiger partial charge in [0.1, 0.15) is 5.76 Å². The Labute approximate surface area is 108 Å². The van der Waals surface area contributed by atoms with Gasteiger partial charge in [0.05, 0.1) is 19.4 Å². The molecule has 0 atom stereocenters. The van der Waals surface area contributed by atoms with Gasteiger partial charge in [0, 0.05) is 24.5 Å². The Bertz CT molecular complexity index is 357. The molecule has 4 heteroatoms. The maximum Gasteiger partial charge on any atom is 0.168 e. The molecule has 4 nitrogen and oxygen atoms in total. The number of hydrogen-bond acceptors (Lipinski definition) is 4. The molecule has 0 radical (unpaired) electrons. The van der Waals surface area contributed by atoms with Crippen molar-refractivity contribution in [1.29, 1.82) is 0 Å². The first kappa shape index (κ1) is 13.3. The second kappa shape index (κ2) is 5.67. The molecule has 2 rings (SSSR count). The number of aliphatic imine (C=N–C) groups is 1. The predicted molar refractivity (Wildman–Crippen MR) is 70.6 cm³/mol. The number of aliphatic hydroxyl groups excluding tert-OH is 1. The zero-order valence-corrected chi connectivity index (χ0v) is 10.9. The van der Waals surface area contributed by atoms with E-state index in [0.717, 1.165) is 31.4 Å². The average Bonchev–Trinajstić information content (AvgIpc) is 2.80. The van der Waals surface area contributed by atoms with Crippen LogP contribution in [0.15, 0.2) is 29.1 Å². The summed E-state index contributed by atoms with van der Waals surface area (Å²) in [6, 6.07) is 0. The fourth-order valence-corrected chi connectivity index (χ4v) is 2.70. The Morgan fingerprint density at radius 3 is 2.44 bits per heavy atom. The number of hydrogen-bond donors (Lipinski definition) is 1. The normalized spacial score (nSPS) is 25.1. The van der Waals surface area contributed by atoms with Crippen molar-refractivity contribution < 1.29 is 14.6 Å². The van der Waals surface area contributed by atoms with E-state index in [1.807, 2.05) is 13.0 Å². The highest BCUT2D eigenvalue weighted by atomic mass is 16.7. The van der Waals surface area contributed by atoms with Crippen LogP contribution in [0.4, 0.5) is 0 Å². The summed E-state index contributed by atoms with van der Waals surface area (Å²) in [7, 11) is 0. The van der Waals surface area contributed by atoms with Crippen LogP contribution < -0.4 is 0 Å². The standard InChI is InChI=1S/C14H21NO3/c1-3-13(15-10-11(2)16)12-4-6-14(7-5-12)17-8-9-18-14/h3,10,12,16H,2,4-9H2,1H3/b13-3-,15-10?. The molecular formula is C14H21NO3. The van der Waals surface area contributed by atoms with Gasteiger partial charge in [-0.3, -0.25) is 4.99 Å². The van der Waals surface area contributed by atoms with Gasteiger partial charge >= 0.3 is 0 Å². The molecule has 0 amide bonds. The van der Waals surface area contributed by atoms with E-state index in [-0.39, 0.29) is 11.5 Å².